The third kappa shape index (κ3) is 3.81. The minimum atomic E-state index is -0.407. The number of fused-ring (bicyclic) bond motifs is 2. The number of hydrogen-bond acceptors (Lipinski definition) is 4. The molecule has 3 atom stereocenters. The summed E-state index contributed by atoms with van der Waals surface area (Å²) < 4.78 is 0. The molecule has 0 spiro atoms. The highest BCUT2D eigenvalue weighted by Gasteiger charge is 2.39. The molecule has 3 rings (SSSR count). The smallest absolute Gasteiger partial charge is 0.292 e. The van der Waals surface area contributed by atoms with Gasteiger partial charge in [-0.2, -0.15) is 0 Å². The van der Waals surface area contributed by atoms with Crippen LogP contribution >= 0.6 is 0 Å². The highest BCUT2D eigenvalue weighted by Crippen LogP contribution is 2.49. The van der Waals surface area contributed by atoms with E-state index in [4.69, 9.17) is 0 Å². The molecule has 0 radical (unpaired) electrons. The Kier molecular flexibility index (Phi) is 4.79. The van der Waals surface area contributed by atoms with Crippen molar-refractivity contribution in [2.45, 2.75) is 32.1 Å². The van der Waals surface area contributed by atoms with Crippen molar-refractivity contribution in [1.82, 2.24) is 5.32 Å². The number of nitrogens with zero attached hydrogens (tertiary/aromatic N) is 1. The highest BCUT2D eigenvalue weighted by molar-refractivity contribution is 5.76. The van der Waals surface area contributed by atoms with Crippen LogP contribution in [0.2, 0.25) is 0 Å². The average Bonchev–Trinajstić information content (AvgIpc) is 3.14. The number of rotatable bonds is 7. The number of carbonyl (C=O) groups is 1. The van der Waals surface area contributed by atoms with E-state index in [-0.39, 0.29) is 11.6 Å². The molecule has 0 heterocycles. The number of amides is 1. The summed E-state index contributed by atoms with van der Waals surface area (Å²) in [4.78, 5) is 22.5. The minimum absolute atomic E-state index is 0.0563. The summed E-state index contributed by atoms with van der Waals surface area (Å²) in [5.41, 5.74) is 0.542. The van der Waals surface area contributed by atoms with Gasteiger partial charge in [-0.3, -0.25) is 14.9 Å². The molecule has 2 N–H and O–H groups in total. The van der Waals surface area contributed by atoms with E-state index in [1.807, 2.05) is 0 Å². The molecule has 2 fully saturated rings. The second kappa shape index (κ2) is 6.98. The molecule has 23 heavy (non-hydrogen) atoms. The Morgan fingerprint density at radius 1 is 1.22 bits per heavy atom. The lowest BCUT2D eigenvalue weighted by Crippen LogP contribution is -2.31. The van der Waals surface area contributed by atoms with E-state index in [2.05, 4.69) is 10.6 Å². The second-order valence-corrected chi connectivity index (χ2v) is 6.69. The van der Waals surface area contributed by atoms with Gasteiger partial charge >= 0.3 is 0 Å². The van der Waals surface area contributed by atoms with Crippen LogP contribution in [-0.2, 0) is 4.79 Å². The molecule has 0 unspecified atom stereocenters. The molecule has 1 aromatic rings. The first-order chi connectivity index (χ1) is 11.1. The molecule has 6 nitrogen and oxygen atoms in total. The van der Waals surface area contributed by atoms with Crippen molar-refractivity contribution in [3.63, 3.8) is 0 Å². The first kappa shape index (κ1) is 15.8. The van der Waals surface area contributed by atoms with Crippen molar-refractivity contribution in [1.29, 1.82) is 0 Å². The largest absolute Gasteiger partial charge is 0.378 e. The van der Waals surface area contributed by atoms with Crippen LogP contribution in [0.3, 0.4) is 0 Å². The molecule has 0 aliphatic heterocycles. The Balaban J connectivity index is 1.38. The van der Waals surface area contributed by atoms with Gasteiger partial charge in [0.15, 0.2) is 0 Å². The molecule has 0 saturated heterocycles. The van der Waals surface area contributed by atoms with Gasteiger partial charge in [0.25, 0.3) is 5.69 Å². The summed E-state index contributed by atoms with van der Waals surface area (Å²) in [7, 11) is 0. The van der Waals surface area contributed by atoms with E-state index in [0.29, 0.717) is 31.1 Å². The number of nitrogens with one attached hydrogen (secondary N) is 2. The summed E-state index contributed by atoms with van der Waals surface area (Å²) in [6.45, 7) is 0.957. The van der Waals surface area contributed by atoms with Crippen LogP contribution in [0, 0.1) is 27.9 Å². The lowest BCUT2D eigenvalue weighted by molar-refractivity contribution is -0.384. The molecule has 124 valence electrons. The van der Waals surface area contributed by atoms with Crippen LogP contribution in [0.15, 0.2) is 24.3 Å². The summed E-state index contributed by atoms with van der Waals surface area (Å²) in [6.07, 6.45) is 5.81. The number of nitro groups is 1. The van der Waals surface area contributed by atoms with Crippen molar-refractivity contribution >= 4 is 17.3 Å². The Hall–Kier alpha value is -2.11. The fraction of sp³-hybridized carbons (Fsp3) is 0.588. The third-order valence-corrected chi connectivity index (χ3v) is 5.20. The van der Waals surface area contributed by atoms with Crippen LogP contribution in [0.5, 0.6) is 0 Å². The summed E-state index contributed by atoms with van der Waals surface area (Å²) >= 11 is 0. The average molecular weight is 317 g/mol. The molecule has 2 saturated carbocycles. The maximum Gasteiger partial charge on any atom is 0.292 e. The van der Waals surface area contributed by atoms with E-state index in [1.54, 1.807) is 18.2 Å². The quantitative estimate of drug-likeness (QED) is 0.460. The highest BCUT2D eigenvalue weighted by atomic mass is 16.6. The Morgan fingerprint density at radius 3 is 2.74 bits per heavy atom. The fourth-order valence-electron chi connectivity index (χ4n) is 4.12. The minimum Gasteiger partial charge on any atom is -0.378 e. The summed E-state index contributed by atoms with van der Waals surface area (Å²) in [6, 6.07) is 6.54. The molecule has 2 bridgehead atoms. The van der Waals surface area contributed by atoms with Crippen molar-refractivity contribution in [3.05, 3.63) is 34.4 Å². The van der Waals surface area contributed by atoms with Crippen molar-refractivity contribution in [2.24, 2.45) is 17.8 Å². The molecular weight excluding hydrogens is 294 g/mol. The number of benzene rings is 1. The lowest BCUT2D eigenvalue weighted by Gasteiger charge is -2.20. The molecule has 1 aromatic carbocycles. The van der Waals surface area contributed by atoms with Crippen LogP contribution in [0.1, 0.15) is 32.1 Å². The second-order valence-electron chi connectivity index (χ2n) is 6.69. The van der Waals surface area contributed by atoms with Gasteiger partial charge in [0, 0.05) is 25.6 Å². The first-order valence-corrected chi connectivity index (χ1v) is 8.37. The van der Waals surface area contributed by atoms with Gasteiger partial charge in [-0.05, 0) is 43.1 Å². The number of para-hydroxylation sites is 2. The Morgan fingerprint density at radius 2 is 2.04 bits per heavy atom. The maximum atomic E-state index is 12.0. The van der Waals surface area contributed by atoms with Gasteiger partial charge < -0.3 is 10.6 Å². The van der Waals surface area contributed by atoms with Crippen LogP contribution in [-0.4, -0.2) is 23.9 Å². The number of anilines is 1. The first-order valence-electron chi connectivity index (χ1n) is 8.37. The predicted octanol–water partition coefficient (Wildman–Crippen LogP) is 2.95. The predicted molar refractivity (Wildman–Crippen MR) is 88.2 cm³/mol. The van der Waals surface area contributed by atoms with Gasteiger partial charge in [0.1, 0.15) is 5.69 Å². The van der Waals surface area contributed by atoms with Gasteiger partial charge in [-0.25, -0.2) is 0 Å². The zero-order valence-electron chi connectivity index (χ0n) is 13.2. The molecule has 1 amide bonds. The molecule has 6 heteroatoms. The van der Waals surface area contributed by atoms with E-state index < -0.39 is 4.92 Å². The number of carbonyl (C=O) groups excluding carboxylic acids is 1. The van der Waals surface area contributed by atoms with Crippen LogP contribution in [0.25, 0.3) is 0 Å². The monoisotopic (exact) mass is 317 g/mol. The lowest BCUT2D eigenvalue weighted by atomic mass is 9.86. The molecule has 0 aromatic heterocycles. The number of nitro benzene ring substituents is 1. The molecule has 2 aliphatic rings. The van der Waals surface area contributed by atoms with E-state index in [0.717, 1.165) is 11.8 Å². The SMILES string of the molecule is O=C(C[C@@H]1C[C@H]2CC[C@@H]1C2)NCCNc1ccccc1[N+](=O)[O-]. The Labute approximate surface area is 135 Å². The fourth-order valence-corrected chi connectivity index (χ4v) is 4.12. The van der Waals surface area contributed by atoms with E-state index in [9.17, 15) is 14.9 Å². The van der Waals surface area contributed by atoms with Gasteiger partial charge in [-0.1, -0.05) is 18.6 Å². The van der Waals surface area contributed by atoms with Crippen LogP contribution in [0.4, 0.5) is 11.4 Å². The zero-order chi connectivity index (χ0) is 16.2. The zero-order valence-corrected chi connectivity index (χ0v) is 13.2. The normalized spacial score (nSPS) is 25.3. The van der Waals surface area contributed by atoms with Crippen molar-refractivity contribution in [2.75, 3.05) is 18.4 Å². The van der Waals surface area contributed by atoms with E-state index in [1.165, 1.54) is 31.7 Å². The Bertz CT molecular complexity index is 590. The van der Waals surface area contributed by atoms with Gasteiger partial charge in [-0.15, -0.1) is 0 Å². The standard InChI is InChI=1S/C17H23N3O3/c21-17(11-14-10-12-5-6-13(14)9-12)19-8-7-18-15-3-1-2-4-16(15)20(22)23/h1-4,12-14,18H,5-11H2,(H,19,21)/t12-,13+,14-/m0/s1. The van der Waals surface area contributed by atoms with Crippen LogP contribution < -0.4 is 10.6 Å². The topological polar surface area (TPSA) is 84.3 Å². The van der Waals surface area contributed by atoms with Crippen molar-refractivity contribution < 1.29 is 9.72 Å². The number of hydrogen-bond donors (Lipinski definition) is 2. The molecular formula is C17H23N3O3. The summed E-state index contributed by atoms with van der Waals surface area (Å²) in [5, 5.41) is 16.8. The molecule has 2 aliphatic carbocycles. The van der Waals surface area contributed by atoms with Crippen molar-refractivity contribution in [3.8, 4) is 0 Å². The van der Waals surface area contributed by atoms with Gasteiger partial charge in [0.05, 0.1) is 4.92 Å². The van der Waals surface area contributed by atoms with Gasteiger partial charge in [0.2, 0.25) is 5.91 Å². The third-order valence-electron chi connectivity index (χ3n) is 5.20. The maximum absolute atomic E-state index is 12.0. The summed E-state index contributed by atoms with van der Waals surface area (Å²) in [5.74, 6) is 2.29. The van der Waals surface area contributed by atoms with E-state index >= 15 is 0 Å².